The van der Waals surface area contributed by atoms with E-state index in [1.807, 2.05) is 27.9 Å². The third-order valence-corrected chi connectivity index (χ3v) is 10.2. The van der Waals surface area contributed by atoms with E-state index in [9.17, 15) is 9.59 Å². The highest BCUT2D eigenvalue weighted by atomic mass is 16.5. The molecule has 2 amide bonds. The number of nitrogen functional groups attached to an aromatic ring is 1. The van der Waals surface area contributed by atoms with E-state index in [4.69, 9.17) is 25.0 Å². The SMILES string of the molecule is Nc1ncnc2c1c(-c1cnc3[nH]ccc3c1)nn2Cc1ccc2c(c1)CCN(C(=O)CCOCCOCCOCCNC(=O)c1cnc(N3CCNCC3)nc1)C2. The quantitative estimate of drug-likeness (QED) is 0.0973. The number of H-pyrrole nitrogens is 1. The highest BCUT2D eigenvalue weighted by Gasteiger charge is 2.22. The van der Waals surface area contributed by atoms with Crippen molar-refractivity contribution in [2.24, 2.45) is 0 Å². The van der Waals surface area contributed by atoms with Crippen LogP contribution in [0.15, 0.2) is 61.4 Å². The minimum atomic E-state index is -0.239. The van der Waals surface area contributed by atoms with E-state index >= 15 is 0 Å². The Balaban J connectivity index is 0.709. The zero-order valence-corrected chi connectivity index (χ0v) is 32.2. The fraction of sp³-hybridized carbons (Fsp3) is 0.400. The van der Waals surface area contributed by atoms with Gasteiger partial charge in [0.05, 0.1) is 63.6 Å². The molecule has 1 fully saturated rings. The molecule has 1 saturated heterocycles. The predicted octanol–water partition coefficient (Wildman–Crippen LogP) is 1.95. The van der Waals surface area contributed by atoms with Crippen molar-refractivity contribution >= 4 is 45.6 Å². The van der Waals surface area contributed by atoms with Crippen molar-refractivity contribution in [1.82, 2.24) is 55.2 Å². The number of hydrogen-bond donors (Lipinski definition) is 4. The highest BCUT2D eigenvalue weighted by Crippen LogP contribution is 2.32. The molecule has 8 rings (SSSR count). The van der Waals surface area contributed by atoms with Gasteiger partial charge < -0.3 is 45.4 Å². The molecule has 18 nitrogen and oxygen atoms in total. The van der Waals surface area contributed by atoms with Crippen molar-refractivity contribution < 1.29 is 23.8 Å². The lowest BCUT2D eigenvalue weighted by atomic mass is 9.97. The standard InChI is InChI=1S/C40H47N13O5/c41-36-34-35(31-20-29-3-6-43-37(29)45-21-31)50-53(38(34)49-26-48-36)24-27-1-2-30-25-52(10-4-28(30)19-27)33(54)5-13-56-15-17-58-18-16-57-14-9-44-39(55)32-22-46-40(47-23-32)51-11-7-42-8-12-51/h1-3,6,19-23,26,42H,4-5,7-18,24-25H2,(H,43,45)(H,44,55)(H2,41,48,49). The molecule has 302 valence electrons. The van der Waals surface area contributed by atoms with Gasteiger partial charge in [-0.25, -0.2) is 29.6 Å². The summed E-state index contributed by atoms with van der Waals surface area (Å²) in [6.07, 6.45) is 9.27. The zero-order chi connectivity index (χ0) is 39.7. The Hall–Kier alpha value is -6.08. The van der Waals surface area contributed by atoms with Gasteiger partial charge in [0, 0.05) is 81.6 Å². The summed E-state index contributed by atoms with van der Waals surface area (Å²) in [5.74, 6) is 0.831. The van der Waals surface area contributed by atoms with Gasteiger partial charge >= 0.3 is 0 Å². The molecule has 6 aromatic rings. The summed E-state index contributed by atoms with van der Waals surface area (Å²) in [6.45, 7) is 7.80. The molecule has 2 aliphatic rings. The van der Waals surface area contributed by atoms with Crippen LogP contribution in [-0.4, -0.2) is 135 Å². The fourth-order valence-corrected chi connectivity index (χ4v) is 7.17. The molecule has 0 atom stereocenters. The number of aromatic nitrogens is 8. The van der Waals surface area contributed by atoms with Crippen LogP contribution in [0.25, 0.3) is 33.3 Å². The van der Waals surface area contributed by atoms with E-state index < -0.39 is 0 Å². The monoisotopic (exact) mass is 789 g/mol. The molecular weight excluding hydrogens is 743 g/mol. The van der Waals surface area contributed by atoms with Crippen molar-refractivity contribution in [3.63, 3.8) is 0 Å². The molecule has 0 radical (unpaired) electrons. The molecule has 0 saturated carbocycles. The number of nitrogens with two attached hydrogens (primary N) is 1. The first kappa shape index (κ1) is 38.8. The van der Waals surface area contributed by atoms with Crippen LogP contribution >= 0.6 is 0 Å². The van der Waals surface area contributed by atoms with E-state index in [1.165, 1.54) is 11.9 Å². The number of ether oxygens (including phenoxy) is 3. The van der Waals surface area contributed by atoms with Gasteiger partial charge in [0.2, 0.25) is 11.9 Å². The molecule has 58 heavy (non-hydrogen) atoms. The Bertz CT molecular complexity index is 2340. The summed E-state index contributed by atoms with van der Waals surface area (Å²) in [4.78, 5) is 54.5. The Morgan fingerprint density at radius 3 is 2.47 bits per heavy atom. The number of amides is 2. The van der Waals surface area contributed by atoms with Crippen LogP contribution in [0.2, 0.25) is 0 Å². The molecule has 0 bridgehead atoms. The van der Waals surface area contributed by atoms with Crippen LogP contribution in [0.4, 0.5) is 11.8 Å². The molecule has 18 heteroatoms. The molecule has 2 aliphatic heterocycles. The first-order valence-corrected chi connectivity index (χ1v) is 19.6. The maximum Gasteiger partial charge on any atom is 0.254 e. The van der Waals surface area contributed by atoms with Gasteiger partial charge in [-0.05, 0) is 35.2 Å². The van der Waals surface area contributed by atoms with Crippen LogP contribution in [-0.2, 0) is 38.5 Å². The number of fused-ring (bicyclic) bond motifs is 3. The predicted molar refractivity (Wildman–Crippen MR) is 216 cm³/mol. The van der Waals surface area contributed by atoms with E-state index in [1.54, 1.807) is 18.6 Å². The van der Waals surface area contributed by atoms with E-state index in [2.05, 4.69) is 63.6 Å². The molecule has 5 aromatic heterocycles. The second-order valence-electron chi connectivity index (χ2n) is 14.1. The van der Waals surface area contributed by atoms with Gasteiger partial charge in [-0.3, -0.25) is 9.59 Å². The first-order valence-electron chi connectivity index (χ1n) is 19.6. The normalized spacial score (nSPS) is 14.3. The Morgan fingerprint density at radius 2 is 1.64 bits per heavy atom. The number of hydrogen-bond acceptors (Lipinski definition) is 14. The minimum Gasteiger partial charge on any atom is -0.383 e. The number of nitrogens with zero attached hydrogens (tertiary/aromatic N) is 9. The van der Waals surface area contributed by atoms with Crippen molar-refractivity contribution in [2.75, 3.05) is 89.5 Å². The summed E-state index contributed by atoms with van der Waals surface area (Å²) < 4.78 is 18.7. The van der Waals surface area contributed by atoms with E-state index in [0.29, 0.717) is 106 Å². The number of pyridine rings is 1. The molecule has 1 aromatic carbocycles. The second kappa shape index (κ2) is 18.5. The maximum absolute atomic E-state index is 13.0. The van der Waals surface area contributed by atoms with Crippen LogP contribution < -0.4 is 21.3 Å². The molecule has 0 aliphatic carbocycles. The van der Waals surface area contributed by atoms with Crippen molar-refractivity contribution in [2.45, 2.75) is 25.9 Å². The van der Waals surface area contributed by atoms with Crippen LogP contribution in [0, 0.1) is 0 Å². The lowest BCUT2D eigenvalue weighted by Crippen LogP contribution is -2.44. The number of rotatable bonds is 17. The maximum atomic E-state index is 13.0. The molecular formula is C40H47N13O5. The summed E-state index contributed by atoms with van der Waals surface area (Å²) in [6, 6.07) is 10.4. The lowest BCUT2D eigenvalue weighted by Gasteiger charge is -2.29. The molecule has 5 N–H and O–H groups in total. The van der Waals surface area contributed by atoms with Gasteiger partial charge in [0.15, 0.2) is 5.65 Å². The number of nitrogens with one attached hydrogen (secondary N) is 3. The first-order chi connectivity index (χ1) is 28.5. The van der Waals surface area contributed by atoms with Crippen molar-refractivity contribution in [3.8, 4) is 11.3 Å². The average molecular weight is 790 g/mol. The number of carbonyl (C=O) groups is 2. The minimum absolute atomic E-state index is 0.0658. The Labute approximate surface area is 334 Å². The van der Waals surface area contributed by atoms with Gasteiger partial charge in [0.1, 0.15) is 23.5 Å². The average Bonchev–Trinajstić information content (AvgIpc) is 3.89. The fourth-order valence-electron chi connectivity index (χ4n) is 7.17. The molecule has 7 heterocycles. The smallest absolute Gasteiger partial charge is 0.254 e. The summed E-state index contributed by atoms with van der Waals surface area (Å²) in [5.41, 5.74) is 13.2. The Morgan fingerprint density at radius 1 is 0.845 bits per heavy atom. The number of piperazine rings is 1. The molecule has 0 spiro atoms. The van der Waals surface area contributed by atoms with Crippen LogP contribution in [0.5, 0.6) is 0 Å². The zero-order valence-electron chi connectivity index (χ0n) is 32.2. The second-order valence-corrected chi connectivity index (χ2v) is 14.1. The summed E-state index contributed by atoms with van der Waals surface area (Å²) in [7, 11) is 0. The summed E-state index contributed by atoms with van der Waals surface area (Å²) >= 11 is 0. The van der Waals surface area contributed by atoms with Crippen molar-refractivity contribution in [1.29, 1.82) is 0 Å². The van der Waals surface area contributed by atoms with Crippen LogP contribution in [0.3, 0.4) is 0 Å². The van der Waals surface area contributed by atoms with Gasteiger partial charge in [-0.1, -0.05) is 18.2 Å². The van der Waals surface area contributed by atoms with Gasteiger partial charge in [-0.2, -0.15) is 5.10 Å². The summed E-state index contributed by atoms with van der Waals surface area (Å²) in [5, 5.41) is 12.7. The molecule has 0 unspecified atom stereocenters. The van der Waals surface area contributed by atoms with E-state index in [0.717, 1.165) is 60.3 Å². The number of anilines is 2. The number of aromatic amines is 1. The van der Waals surface area contributed by atoms with Crippen molar-refractivity contribution in [3.05, 3.63) is 83.7 Å². The van der Waals surface area contributed by atoms with Gasteiger partial charge in [-0.15, -0.1) is 0 Å². The highest BCUT2D eigenvalue weighted by molar-refractivity contribution is 5.99. The number of carbonyl (C=O) groups excluding carboxylic acids is 2. The Kier molecular flexibility index (Phi) is 12.3. The topological polar surface area (TPSA) is 216 Å². The third kappa shape index (κ3) is 9.21. The largest absolute Gasteiger partial charge is 0.383 e. The van der Waals surface area contributed by atoms with Gasteiger partial charge in [0.25, 0.3) is 5.91 Å². The van der Waals surface area contributed by atoms with E-state index in [-0.39, 0.29) is 11.8 Å². The van der Waals surface area contributed by atoms with Crippen LogP contribution in [0.1, 0.15) is 33.5 Å². The lowest BCUT2D eigenvalue weighted by molar-refractivity contribution is -0.133. The number of benzene rings is 1. The third-order valence-electron chi connectivity index (χ3n) is 10.2.